The lowest BCUT2D eigenvalue weighted by atomic mass is 9.99. The molecule has 0 amide bonds. The molecule has 0 radical (unpaired) electrons. The summed E-state index contributed by atoms with van der Waals surface area (Å²) in [5, 5.41) is 26.4. The molecule has 0 aromatic carbocycles. The normalized spacial score (nSPS) is 15.5. The zero-order chi connectivity index (χ0) is 104. The van der Waals surface area contributed by atoms with Gasteiger partial charge in [-0.25, -0.2) is 47.5 Å². The first-order valence-corrected chi connectivity index (χ1v) is 51.2. The molecule has 0 bridgehead atoms. The van der Waals surface area contributed by atoms with E-state index in [9.17, 15) is 24.0 Å². The maximum absolute atomic E-state index is 13.1. The summed E-state index contributed by atoms with van der Waals surface area (Å²) in [5.41, 5.74) is 37.5. The molecular weight excluding hydrogens is 1880 g/mol. The zero-order valence-corrected chi connectivity index (χ0v) is 87.3. The van der Waals surface area contributed by atoms with Crippen molar-refractivity contribution < 1.29 is 0 Å². The number of aromatic nitrogens is 25. The molecule has 5 aliphatic heterocycles. The van der Waals surface area contributed by atoms with Crippen LogP contribution in [0.5, 0.6) is 0 Å². The molecule has 0 unspecified atom stereocenters. The number of nitrogens with one attached hydrogen (secondary N) is 1. The standard InChI is InChI=1S/C25H26N6O.C24H26N6O.C23H24N6O.C22H22N6O.C21H20N6O/c1-15-10-19(18-6-8-29(9-7-18)20-4-5-20)14-30-24(32)12-21(27-25(15)30)22-11-23-17(3)26-16(2)13-31(23)28-22;1-5-28-8-6-18(7-9-28)19-10-15(2)24-26-20(12-23(31)29(24)14-19)21-11-22-17(4)25-16(3)13-30(22)27-21;1-14-9-18(17-5-7-27(4)8-6-17)13-28-22(30)11-19(25-23(14)28)20-10-21-16(3)24-15(2)12-29(21)26-20;1-13-8-17(16-4-6-23-7-5-16)12-27-21(29)10-18(25-22(13)27)19-9-20-15(3)24-14(2)11-28(20)26-19;1-14-12-27-17(11-22-14)9-19(24-27)18-10-21(28)26-13-16(3-4-20(26)23-18)15-5-7-25(2)8-6-15/h6,10-14,20H,4-5,7-9H2,1-3H3;6,10-14H,5,7-9H2,1-4H3;5,9-13H,6-8H2,1-4H3;4,8-12,23H,5-7H2,1-3H3;3-5,9-13H,6-8H2,1-2H3. The van der Waals surface area contributed by atoms with Crippen molar-refractivity contribution in [3.05, 3.63) is 349 Å². The summed E-state index contributed by atoms with van der Waals surface area (Å²) < 4.78 is 17.2. The predicted octanol–water partition coefficient (Wildman–Crippen LogP) is 15.2. The van der Waals surface area contributed by atoms with Gasteiger partial charge in [-0.15, -0.1) is 0 Å². The molecule has 35 heteroatoms. The molecule has 6 aliphatic rings. The molecule has 150 heavy (non-hydrogen) atoms. The molecule has 20 aromatic rings. The van der Waals surface area contributed by atoms with E-state index in [0.29, 0.717) is 85.2 Å². The summed E-state index contributed by atoms with van der Waals surface area (Å²) in [7, 11) is 4.23. The number of rotatable bonds is 12. The van der Waals surface area contributed by atoms with E-state index in [1.807, 2.05) is 203 Å². The van der Waals surface area contributed by atoms with Crippen LogP contribution in [0.4, 0.5) is 0 Å². The summed E-state index contributed by atoms with van der Waals surface area (Å²) in [4.78, 5) is 121. The van der Waals surface area contributed by atoms with E-state index in [1.165, 1.54) is 40.7 Å². The maximum Gasteiger partial charge on any atom is 0.258 e. The molecule has 35 nitrogen and oxygen atoms in total. The fraction of sp³-hybridized carbons (Fsp3) is 0.304. The summed E-state index contributed by atoms with van der Waals surface area (Å²) >= 11 is 0. The van der Waals surface area contributed by atoms with Crippen LogP contribution in [0.15, 0.2) is 220 Å². The molecule has 1 aliphatic carbocycles. The minimum Gasteiger partial charge on any atom is -0.313 e. The van der Waals surface area contributed by atoms with Crippen LogP contribution < -0.4 is 33.1 Å². The van der Waals surface area contributed by atoms with E-state index in [0.717, 1.165) is 239 Å². The van der Waals surface area contributed by atoms with Gasteiger partial charge in [-0.1, -0.05) is 37.3 Å². The highest BCUT2D eigenvalue weighted by molar-refractivity contribution is 5.78. The van der Waals surface area contributed by atoms with Crippen molar-refractivity contribution in [3.8, 4) is 56.9 Å². The largest absolute Gasteiger partial charge is 0.313 e. The van der Waals surface area contributed by atoms with Crippen LogP contribution in [0.2, 0.25) is 0 Å². The Balaban J connectivity index is 0.000000106. The van der Waals surface area contributed by atoms with Crippen LogP contribution >= 0.6 is 0 Å². The number of fused-ring (bicyclic) bond motifs is 10. The molecule has 758 valence electrons. The molecule has 0 spiro atoms. The SMILES string of the molecule is CCN1CC=C(c2cc(C)c3nc(-c4cc5c(C)nc(C)cn5n4)cc(=O)n3c2)CC1.Cc1cn2nc(-c3cc(=O)n4cc(C5=CCN(C)CC5)cc(C)c4n3)cc2c(C)n1.Cc1cn2nc(-c3cc(=O)n4cc(C5=CCN(C)CC5)ccc4n3)cc2cn1.Cc1cn2nc(-c3cc(=O)n4cc(C5=CCN(C6CC6)CC5)cc(C)c4n3)cc2c(C)n1.Cc1cn2nc(-c3cc(=O)n4cc(C5=CCNCC5)cc(C)c4n3)cc2c(C)n1. The smallest absolute Gasteiger partial charge is 0.258 e. The zero-order valence-electron chi connectivity index (χ0n) is 87.3. The van der Waals surface area contributed by atoms with Crippen molar-refractivity contribution in [2.24, 2.45) is 0 Å². The number of aryl methyl sites for hydroxylation is 13. The van der Waals surface area contributed by atoms with Crippen molar-refractivity contribution in [2.75, 3.05) is 86.1 Å². The van der Waals surface area contributed by atoms with Crippen LogP contribution in [0, 0.1) is 90.0 Å². The van der Waals surface area contributed by atoms with Gasteiger partial charge in [-0.3, -0.25) is 80.7 Å². The van der Waals surface area contributed by atoms with E-state index in [-0.39, 0.29) is 27.8 Å². The minimum atomic E-state index is -0.110. The molecule has 25 heterocycles. The molecule has 1 fully saturated rings. The first-order chi connectivity index (χ1) is 72.3. The number of hydrogen-bond acceptors (Lipinski definition) is 25. The van der Waals surface area contributed by atoms with E-state index in [1.54, 1.807) is 72.1 Å². The average molecular weight is 2000 g/mol. The molecular formula is C115H118N30O5. The Bertz CT molecular complexity index is 9430. The Morgan fingerprint density at radius 2 is 0.653 bits per heavy atom. The third-order valence-electron chi connectivity index (χ3n) is 29.1. The summed E-state index contributed by atoms with van der Waals surface area (Å²) in [6.07, 6.45) is 39.6. The molecule has 20 aromatic heterocycles. The van der Waals surface area contributed by atoms with Crippen LogP contribution in [-0.4, -0.2) is 232 Å². The van der Waals surface area contributed by atoms with Gasteiger partial charge in [-0.05, 0) is 307 Å². The molecule has 26 rings (SSSR count). The van der Waals surface area contributed by atoms with E-state index >= 15 is 0 Å². The van der Waals surface area contributed by atoms with Crippen LogP contribution in [0.25, 0.3) is 141 Å². The van der Waals surface area contributed by atoms with Crippen LogP contribution in [-0.2, 0) is 0 Å². The van der Waals surface area contributed by atoms with Crippen LogP contribution in [0.3, 0.4) is 0 Å². The van der Waals surface area contributed by atoms with E-state index < -0.39 is 0 Å². The lowest BCUT2D eigenvalue weighted by Crippen LogP contribution is -2.30. The number of likely N-dealkylation sites (N-methyl/N-ethyl adjacent to an activating group) is 3. The highest BCUT2D eigenvalue weighted by Gasteiger charge is 2.31. The van der Waals surface area contributed by atoms with E-state index in [2.05, 4.69) is 156 Å². The number of pyridine rings is 5. The topological polar surface area (TPSA) is 348 Å². The van der Waals surface area contributed by atoms with Gasteiger partial charge in [-0.2, -0.15) is 25.5 Å². The van der Waals surface area contributed by atoms with Crippen molar-refractivity contribution in [2.45, 2.75) is 148 Å². The Morgan fingerprint density at radius 3 is 1.01 bits per heavy atom. The minimum absolute atomic E-state index is 0.0888. The Labute approximate surface area is 863 Å². The van der Waals surface area contributed by atoms with Gasteiger partial charge in [0.1, 0.15) is 56.7 Å². The van der Waals surface area contributed by atoms with Crippen LogP contribution in [0.1, 0.15) is 153 Å². The lowest BCUT2D eigenvalue weighted by Gasteiger charge is -2.26. The summed E-state index contributed by atoms with van der Waals surface area (Å²) in [6.45, 7) is 38.6. The lowest BCUT2D eigenvalue weighted by molar-refractivity contribution is 0.291. The second kappa shape index (κ2) is 40.2. The molecule has 1 N–H and O–H groups in total. The maximum atomic E-state index is 13.1. The van der Waals surface area contributed by atoms with Gasteiger partial charge >= 0.3 is 0 Å². The fourth-order valence-corrected chi connectivity index (χ4v) is 20.8. The van der Waals surface area contributed by atoms with Gasteiger partial charge in [0.2, 0.25) is 0 Å². The molecule has 0 saturated heterocycles. The highest BCUT2D eigenvalue weighted by Crippen LogP contribution is 2.36. The quantitative estimate of drug-likeness (QED) is 0.119. The number of nitrogens with zero attached hydrogens (tertiary/aromatic N) is 29. The van der Waals surface area contributed by atoms with Crippen molar-refractivity contribution in [1.29, 1.82) is 0 Å². The Hall–Kier alpha value is -16.6. The fourth-order valence-electron chi connectivity index (χ4n) is 20.8. The first-order valence-electron chi connectivity index (χ1n) is 51.2. The van der Waals surface area contributed by atoms with Crippen molar-refractivity contribution in [1.82, 2.24) is 145 Å². The molecule has 1 saturated carbocycles. The Morgan fingerprint density at radius 1 is 0.313 bits per heavy atom. The second-order valence-electron chi connectivity index (χ2n) is 40.4. The first kappa shape index (κ1) is 98.1. The number of hydrogen-bond donors (Lipinski definition) is 1. The van der Waals surface area contributed by atoms with E-state index in [4.69, 9.17) is 19.9 Å². The van der Waals surface area contributed by atoms with Gasteiger partial charge in [0.15, 0.2) is 0 Å². The summed E-state index contributed by atoms with van der Waals surface area (Å²) in [5.74, 6) is 0. The highest BCUT2D eigenvalue weighted by atomic mass is 16.1. The predicted molar refractivity (Wildman–Crippen MR) is 586 cm³/mol. The average Bonchev–Trinajstić information content (AvgIpc) is 1.51. The molecule has 0 atom stereocenters. The van der Waals surface area contributed by atoms with Gasteiger partial charge in [0.05, 0.1) is 144 Å². The Kier molecular flexibility index (Phi) is 26.3. The third-order valence-corrected chi connectivity index (χ3v) is 29.1. The van der Waals surface area contributed by atoms with Crippen molar-refractivity contribution >= 4 is 83.7 Å². The van der Waals surface area contributed by atoms with Gasteiger partial charge < -0.3 is 15.1 Å². The third kappa shape index (κ3) is 20.0. The monoisotopic (exact) mass is 2000 g/mol. The second-order valence-corrected chi connectivity index (χ2v) is 40.4. The van der Waals surface area contributed by atoms with Gasteiger partial charge in [0.25, 0.3) is 27.8 Å². The van der Waals surface area contributed by atoms with Gasteiger partial charge in [0, 0.05) is 126 Å². The van der Waals surface area contributed by atoms with Crippen molar-refractivity contribution in [3.63, 3.8) is 0 Å². The summed E-state index contributed by atoms with van der Waals surface area (Å²) in [6, 6.07) is 30.7.